The molecule has 0 heterocycles. The van der Waals surface area contributed by atoms with E-state index in [9.17, 15) is 14.3 Å². The van der Waals surface area contributed by atoms with Crippen molar-refractivity contribution in [1.82, 2.24) is 5.32 Å². The van der Waals surface area contributed by atoms with E-state index < -0.39 is 5.82 Å². The van der Waals surface area contributed by atoms with E-state index in [0.29, 0.717) is 17.3 Å². The Morgan fingerprint density at radius 1 is 1.33 bits per heavy atom. The van der Waals surface area contributed by atoms with Gasteiger partial charge in [0.1, 0.15) is 5.82 Å². The quantitative estimate of drug-likeness (QED) is 0.881. The van der Waals surface area contributed by atoms with Gasteiger partial charge in [0, 0.05) is 10.5 Å². The van der Waals surface area contributed by atoms with Crippen molar-refractivity contribution in [1.29, 1.82) is 0 Å². The molecule has 1 fully saturated rings. The van der Waals surface area contributed by atoms with Crippen LogP contribution in [0.2, 0.25) is 0 Å². The van der Waals surface area contributed by atoms with Crippen LogP contribution in [-0.2, 0) is 0 Å². The minimum absolute atomic E-state index is 0.0314. The molecule has 2 rings (SSSR count). The lowest BCUT2D eigenvalue weighted by Gasteiger charge is -2.26. The molecule has 1 saturated carbocycles. The minimum atomic E-state index is -0.530. The van der Waals surface area contributed by atoms with Crippen molar-refractivity contribution in [2.24, 2.45) is 0 Å². The summed E-state index contributed by atoms with van der Waals surface area (Å²) in [5.74, 6) is -0.917. The highest BCUT2D eigenvalue weighted by molar-refractivity contribution is 9.10. The molecule has 0 bridgehead atoms. The number of halogens is 2. The number of nitrogens with one attached hydrogen (secondary N) is 1. The molecule has 0 spiro atoms. The zero-order chi connectivity index (χ0) is 13.1. The average Bonchev–Trinajstić information content (AvgIpc) is 2.32. The number of carbonyl (C=O) groups is 1. The SMILES string of the molecule is O=C(NC1CCC(O)CC1)c1ccc(Br)cc1F. The molecule has 98 valence electrons. The lowest BCUT2D eigenvalue weighted by atomic mass is 9.93. The molecule has 0 aliphatic heterocycles. The van der Waals surface area contributed by atoms with E-state index in [1.165, 1.54) is 12.1 Å². The third-order valence-electron chi connectivity index (χ3n) is 3.21. The van der Waals surface area contributed by atoms with Gasteiger partial charge in [0.25, 0.3) is 5.91 Å². The summed E-state index contributed by atoms with van der Waals surface area (Å²) in [6.45, 7) is 0. The smallest absolute Gasteiger partial charge is 0.254 e. The number of rotatable bonds is 2. The normalized spacial score (nSPS) is 23.7. The molecular weight excluding hydrogens is 301 g/mol. The standard InChI is InChI=1S/C13H15BrFNO2/c14-8-1-6-11(12(15)7-8)13(18)16-9-2-4-10(17)5-3-9/h1,6-7,9-10,17H,2-5H2,(H,16,18). The summed E-state index contributed by atoms with van der Waals surface area (Å²) < 4.78 is 14.2. The first-order valence-electron chi connectivity index (χ1n) is 6.00. The number of carbonyl (C=O) groups excluding carboxylic acids is 1. The van der Waals surface area contributed by atoms with Crippen molar-refractivity contribution in [3.63, 3.8) is 0 Å². The first-order valence-corrected chi connectivity index (χ1v) is 6.79. The summed E-state index contributed by atoms with van der Waals surface area (Å²) in [5.41, 5.74) is 0.0596. The Labute approximate surface area is 114 Å². The van der Waals surface area contributed by atoms with E-state index in [2.05, 4.69) is 21.2 Å². The third-order valence-corrected chi connectivity index (χ3v) is 3.70. The molecule has 0 saturated heterocycles. The van der Waals surface area contributed by atoms with Gasteiger partial charge in [-0.2, -0.15) is 0 Å². The Balaban J connectivity index is 1.99. The van der Waals surface area contributed by atoms with Gasteiger partial charge in [-0.3, -0.25) is 4.79 Å². The molecule has 18 heavy (non-hydrogen) atoms. The molecule has 0 radical (unpaired) electrons. The summed E-state index contributed by atoms with van der Waals surface area (Å²) in [4.78, 5) is 11.9. The summed E-state index contributed by atoms with van der Waals surface area (Å²) in [6.07, 6.45) is 2.60. The van der Waals surface area contributed by atoms with Gasteiger partial charge in [0.15, 0.2) is 0 Å². The van der Waals surface area contributed by atoms with Crippen molar-refractivity contribution in [3.8, 4) is 0 Å². The second-order valence-electron chi connectivity index (χ2n) is 4.60. The van der Waals surface area contributed by atoms with Crippen LogP contribution in [-0.4, -0.2) is 23.2 Å². The molecular formula is C13H15BrFNO2. The van der Waals surface area contributed by atoms with Crippen molar-refractivity contribution >= 4 is 21.8 Å². The van der Waals surface area contributed by atoms with E-state index in [1.807, 2.05) is 0 Å². The molecule has 0 atom stereocenters. The van der Waals surface area contributed by atoms with Gasteiger partial charge in [-0.25, -0.2) is 4.39 Å². The zero-order valence-corrected chi connectivity index (χ0v) is 11.4. The van der Waals surface area contributed by atoms with Crippen molar-refractivity contribution in [3.05, 3.63) is 34.1 Å². The number of aliphatic hydroxyl groups excluding tert-OH is 1. The van der Waals surface area contributed by atoms with Crippen LogP contribution < -0.4 is 5.32 Å². The fourth-order valence-electron chi connectivity index (χ4n) is 2.16. The van der Waals surface area contributed by atoms with Gasteiger partial charge in [-0.15, -0.1) is 0 Å². The molecule has 0 aromatic heterocycles. The van der Waals surface area contributed by atoms with Gasteiger partial charge in [0.05, 0.1) is 11.7 Å². The third kappa shape index (κ3) is 3.29. The van der Waals surface area contributed by atoms with E-state index in [1.54, 1.807) is 6.07 Å². The zero-order valence-electron chi connectivity index (χ0n) is 9.83. The van der Waals surface area contributed by atoms with E-state index in [0.717, 1.165) is 12.8 Å². The van der Waals surface area contributed by atoms with Gasteiger partial charge in [0.2, 0.25) is 0 Å². The Morgan fingerprint density at radius 2 is 2.00 bits per heavy atom. The lowest BCUT2D eigenvalue weighted by molar-refractivity contribution is 0.0864. The van der Waals surface area contributed by atoms with Crippen LogP contribution in [0, 0.1) is 5.82 Å². The summed E-state index contributed by atoms with van der Waals surface area (Å²) in [7, 11) is 0. The van der Waals surface area contributed by atoms with E-state index >= 15 is 0 Å². The minimum Gasteiger partial charge on any atom is -0.393 e. The lowest BCUT2D eigenvalue weighted by Crippen LogP contribution is -2.38. The molecule has 1 aromatic carbocycles. The predicted molar refractivity (Wildman–Crippen MR) is 69.8 cm³/mol. The van der Waals surface area contributed by atoms with Crippen LogP contribution in [0.25, 0.3) is 0 Å². The molecule has 1 aliphatic rings. The van der Waals surface area contributed by atoms with Crippen molar-refractivity contribution in [2.75, 3.05) is 0 Å². The first kappa shape index (κ1) is 13.5. The summed E-state index contributed by atoms with van der Waals surface area (Å²) in [6, 6.07) is 4.41. The molecule has 1 aliphatic carbocycles. The van der Waals surface area contributed by atoms with Crippen LogP contribution in [0.5, 0.6) is 0 Å². The molecule has 3 nitrogen and oxygen atoms in total. The van der Waals surface area contributed by atoms with E-state index in [-0.39, 0.29) is 23.6 Å². The Hall–Kier alpha value is -0.940. The summed E-state index contributed by atoms with van der Waals surface area (Å²) in [5, 5.41) is 12.2. The molecule has 5 heteroatoms. The highest BCUT2D eigenvalue weighted by Crippen LogP contribution is 2.20. The van der Waals surface area contributed by atoms with Crippen LogP contribution in [0.15, 0.2) is 22.7 Å². The second kappa shape index (κ2) is 5.80. The molecule has 1 aromatic rings. The molecule has 2 N–H and O–H groups in total. The first-order chi connectivity index (χ1) is 8.56. The number of benzene rings is 1. The van der Waals surface area contributed by atoms with Gasteiger partial charge in [-0.05, 0) is 43.9 Å². The topological polar surface area (TPSA) is 49.3 Å². The van der Waals surface area contributed by atoms with Crippen LogP contribution in [0.4, 0.5) is 4.39 Å². The fraction of sp³-hybridized carbons (Fsp3) is 0.462. The maximum absolute atomic E-state index is 13.6. The largest absolute Gasteiger partial charge is 0.393 e. The number of hydrogen-bond acceptors (Lipinski definition) is 2. The van der Waals surface area contributed by atoms with E-state index in [4.69, 9.17) is 0 Å². The van der Waals surface area contributed by atoms with Crippen molar-refractivity contribution in [2.45, 2.75) is 37.8 Å². The average molecular weight is 316 g/mol. The number of amides is 1. The highest BCUT2D eigenvalue weighted by Gasteiger charge is 2.22. The predicted octanol–water partition coefficient (Wildman–Crippen LogP) is 2.62. The highest BCUT2D eigenvalue weighted by atomic mass is 79.9. The molecule has 1 amide bonds. The van der Waals surface area contributed by atoms with Gasteiger partial charge >= 0.3 is 0 Å². The number of aliphatic hydroxyl groups is 1. The Kier molecular flexibility index (Phi) is 4.35. The van der Waals surface area contributed by atoms with Crippen LogP contribution in [0.3, 0.4) is 0 Å². The van der Waals surface area contributed by atoms with Gasteiger partial charge < -0.3 is 10.4 Å². The fourth-order valence-corrected chi connectivity index (χ4v) is 2.49. The van der Waals surface area contributed by atoms with Crippen LogP contribution in [0.1, 0.15) is 36.0 Å². The number of hydrogen-bond donors (Lipinski definition) is 2. The van der Waals surface area contributed by atoms with Crippen molar-refractivity contribution < 1.29 is 14.3 Å². The Bertz CT molecular complexity index is 445. The molecule has 0 unspecified atom stereocenters. The Morgan fingerprint density at radius 3 is 2.61 bits per heavy atom. The maximum Gasteiger partial charge on any atom is 0.254 e. The van der Waals surface area contributed by atoms with Gasteiger partial charge in [-0.1, -0.05) is 15.9 Å². The second-order valence-corrected chi connectivity index (χ2v) is 5.52. The maximum atomic E-state index is 13.6. The summed E-state index contributed by atoms with van der Waals surface area (Å²) >= 11 is 3.15. The van der Waals surface area contributed by atoms with Crippen LogP contribution >= 0.6 is 15.9 Å². The monoisotopic (exact) mass is 315 g/mol.